The number of carbonyl (C=O) groups excluding carboxylic acids is 3. The molecule has 0 aliphatic heterocycles. The maximum absolute atomic E-state index is 12.8. The Morgan fingerprint density at radius 3 is 1.90 bits per heavy atom. The van der Waals surface area contributed by atoms with Crippen LogP contribution in [0.15, 0.2) is 49.1 Å². The van der Waals surface area contributed by atoms with Gasteiger partial charge in [-0.15, -0.1) is 6.58 Å². The quantitative estimate of drug-likeness (QED) is 0.0885. The van der Waals surface area contributed by atoms with E-state index < -0.39 is 64.0 Å². The van der Waals surface area contributed by atoms with E-state index in [9.17, 15) is 29.7 Å². The van der Waals surface area contributed by atoms with Crippen LogP contribution < -0.4 is 0 Å². The summed E-state index contributed by atoms with van der Waals surface area (Å²) in [4.78, 5) is 37.9. The zero-order valence-electron chi connectivity index (χ0n) is 33.2. The molecule has 3 unspecified atom stereocenters. The molecule has 0 spiro atoms. The second-order valence-corrected chi connectivity index (χ2v) is 18.2. The highest BCUT2D eigenvalue weighted by molar-refractivity contribution is 5.82. The first kappa shape index (κ1) is 42.0. The number of allylic oxidation sites excluding steroid dienone is 4. The highest BCUT2D eigenvalue weighted by atomic mass is 16.6. The van der Waals surface area contributed by atoms with Gasteiger partial charge in [0.2, 0.25) is 0 Å². The van der Waals surface area contributed by atoms with E-state index in [4.69, 9.17) is 14.2 Å². The number of aliphatic hydroxyl groups is 3. The van der Waals surface area contributed by atoms with Crippen LogP contribution in [-0.4, -0.2) is 70.9 Å². The van der Waals surface area contributed by atoms with Crippen molar-refractivity contribution in [2.24, 2.45) is 50.2 Å². The highest BCUT2D eigenvalue weighted by Gasteiger charge is 2.71. The zero-order valence-corrected chi connectivity index (χ0v) is 33.2. The minimum Gasteiger partial charge on any atom is -0.462 e. The number of hydrogen-bond acceptors (Lipinski definition) is 9. The second-order valence-electron chi connectivity index (χ2n) is 18.2. The monoisotopic (exact) mass is 726 g/mol. The first-order valence-corrected chi connectivity index (χ1v) is 19.3. The molecule has 0 aromatic rings. The van der Waals surface area contributed by atoms with Crippen molar-refractivity contribution < 1.29 is 43.9 Å². The van der Waals surface area contributed by atoms with Crippen molar-refractivity contribution in [3.63, 3.8) is 0 Å². The minimum atomic E-state index is -1.29. The first-order valence-electron chi connectivity index (χ1n) is 19.3. The van der Waals surface area contributed by atoms with Crippen molar-refractivity contribution in [3.05, 3.63) is 49.1 Å². The van der Waals surface area contributed by atoms with E-state index in [1.54, 1.807) is 39.0 Å². The van der Waals surface area contributed by atoms with E-state index in [1.807, 2.05) is 19.9 Å². The Bertz CT molecular complexity index is 1430. The Balaban J connectivity index is 1.77. The summed E-state index contributed by atoms with van der Waals surface area (Å²) in [6, 6.07) is 0. The topological polar surface area (TPSA) is 140 Å². The minimum absolute atomic E-state index is 0.0745. The summed E-state index contributed by atoms with van der Waals surface area (Å²) in [6.07, 6.45) is 12.3. The number of rotatable bonds is 11. The van der Waals surface area contributed by atoms with Crippen molar-refractivity contribution >= 4 is 17.9 Å². The third kappa shape index (κ3) is 7.11. The molecule has 0 radical (unpaired) electrons. The molecule has 12 atom stereocenters. The van der Waals surface area contributed by atoms with Gasteiger partial charge in [-0.2, -0.15) is 0 Å². The van der Waals surface area contributed by atoms with Crippen molar-refractivity contribution in [2.45, 2.75) is 138 Å². The van der Waals surface area contributed by atoms with E-state index >= 15 is 0 Å². The van der Waals surface area contributed by atoms with Gasteiger partial charge in [0.05, 0.1) is 24.2 Å². The van der Waals surface area contributed by atoms with E-state index in [0.717, 1.165) is 25.7 Å². The molecule has 4 saturated carbocycles. The lowest BCUT2D eigenvalue weighted by molar-refractivity contribution is -0.279. The molecule has 9 nitrogen and oxygen atoms in total. The van der Waals surface area contributed by atoms with Crippen LogP contribution in [0.2, 0.25) is 0 Å². The fourth-order valence-electron chi connectivity index (χ4n) is 11.9. The van der Waals surface area contributed by atoms with Crippen molar-refractivity contribution in [3.8, 4) is 0 Å². The predicted molar refractivity (Wildman–Crippen MR) is 201 cm³/mol. The molecule has 0 amide bonds. The van der Waals surface area contributed by atoms with Crippen molar-refractivity contribution in [1.82, 2.24) is 0 Å². The molecule has 0 aromatic carbocycles. The van der Waals surface area contributed by atoms with E-state index in [1.165, 1.54) is 18.2 Å². The summed E-state index contributed by atoms with van der Waals surface area (Å²) >= 11 is 0. The van der Waals surface area contributed by atoms with Gasteiger partial charge in [0.1, 0.15) is 18.8 Å². The van der Waals surface area contributed by atoms with Gasteiger partial charge in [-0.25, -0.2) is 14.4 Å². The van der Waals surface area contributed by atoms with Gasteiger partial charge in [0.25, 0.3) is 0 Å². The third-order valence-corrected chi connectivity index (χ3v) is 14.9. The number of ether oxygens (including phenoxy) is 3. The van der Waals surface area contributed by atoms with Crippen LogP contribution in [0.25, 0.3) is 0 Å². The molecule has 0 heterocycles. The standard InChI is InChI=1S/C43H66O9/c1-11-15-30-40(8)21-20-31(44)41(9,26-50-33(46)16-12-2)29(40)19-22-42(30,10)39(7)24-28-23-38(5,6)37(52-35(48)18-14-4)36(49)43(28,32(45)25-39)27-51-34(47)17-13-3/h11-14,16-18,28-32,36-37,44-45,49H,1,15,19-27H2,2-10H3/b16-12+,17-13+,18-14+/t28?,29?,30?,31-,32+,36-,37-,39-,40-,41+,42+,43-/m0/s1. The van der Waals surface area contributed by atoms with Crippen LogP contribution in [-0.2, 0) is 28.6 Å². The smallest absolute Gasteiger partial charge is 0.330 e. The summed E-state index contributed by atoms with van der Waals surface area (Å²) in [6.45, 7) is 22.4. The van der Waals surface area contributed by atoms with Gasteiger partial charge < -0.3 is 29.5 Å². The van der Waals surface area contributed by atoms with Crippen LogP contribution >= 0.6 is 0 Å². The summed E-state index contributed by atoms with van der Waals surface area (Å²) in [5.74, 6) is -1.60. The Hall–Kier alpha value is -2.75. The fourth-order valence-corrected chi connectivity index (χ4v) is 11.9. The van der Waals surface area contributed by atoms with Crippen molar-refractivity contribution in [1.29, 1.82) is 0 Å². The maximum atomic E-state index is 12.8. The van der Waals surface area contributed by atoms with Gasteiger partial charge in [-0.1, -0.05) is 65.8 Å². The number of fused-ring (bicyclic) bond motifs is 2. The highest BCUT2D eigenvalue weighted by Crippen LogP contribution is 2.73. The average Bonchev–Trinajstić information content (AvgIpc) is 3.05. The van der Waals surface area contributed by atoms with Gasteiger partial charge in [-0.3, -0.25) is 0 Å². The van der Waals surface area contributed by atoms with Crippen LogP contribution in [0, 0.1) is 50.2 Å². The Morgan fingerprint density at radius 1 is 0.750 bits per heavy atom. The molecule has 3 N–H and O–H groups in total. The largest absolute Gasteiger partial charge is 0.462 e. The fraction of sp³-hybridized carbons (Fsp3) is 0.744. The van der Waals surface area contributed by atoms with Crippen molar-refractivity contribution in [2.75, 3.05) is 13.2 Å². The molecule has 0 aromatic heterocycles. The molecule has 9 heteroatoms. The molecule has 292 valence electrons. The normalized spacial score (nSPS) is 43.1. The number of esters is 3. The maximum Gasteiger partial charge on any atom is 0.330 e. The van der Waals surface area contributed by atoms with Crippen LogP contribution in [0.4, 0.5) is 0 Å². The van der Waals surface area contributed by atoms with Crippen LogP contribution in [0.3, 0.4) is 0 Å². The molecule has 52 heavy (non-hydrogen) atoms. The summed E-state index contributed by atoms with van der Waals surface area (Å²) < 4.78 is 17.5. The van der Waals surface area contributed by atoms with Gasteiger partial charge in [0.15, 0.2) is 0 Å². The second kappa shape index (κ2) is 15.5. The van der Waals surface area contributed by atoms with Crippen LogP contribution in [0.1, 0.15) is 114 Å². The summed E-state index contributed by atoms with van der Waals surface area (Å²) in [7, 11) is 0. The van der Waals surface area contributed by atoms with Crippen LogP contribution in [0.5, 0.6) is 0 Å². The Kier molecular flexibility index (Phi) is 12.6. The molecule has 4 aliphatic rings. The zero-order chi connectivity index (χ0) is 38.9. The van der Waals surface area contributed by atoms with Gasteiger partial charge in [-0.05, 0) is 106 Å². The molecule has 4 fully saturated rings. The van der Waals surface area contributed by atoms with E-state index in [-0.39, 0.29) is 41.8 Å². The number of hydrogen-bond donors (Lipinski definition) is 3. The predicted octanol–water partition coefficient (Wildman–Crippen LogP) is 7.04. The lowest BCUT2D eigenvalue weighted by Crippen LogP contribution is -2.70. The van der Waals surface area contributed by atoms with Gasteiger partial charge >= 0.3 is 17.9 Å². The summed E-state index contributed by atoms with van der Waals surface area (Å²) in [5.41, 5.74) is -3.48. The average molecular weight is 727 g/mol. The Labute approximate surface area is 311 Å². The summed E-state index contributed by atoms with van der Waals surface area (Å²) in [5, 5.41) is 36.4. The van der Waals surface area contributed by atoms with E-state index in [2.05, 4.69) is 34.3 Å². The lowest BCUT2D eigenvalue weighted by Gasteiger charge is -2.70. The third-order valence-electron chi connectivity index (χ3n) is 14.9. The lowest BCUT2D eigenvalue weighted by atomic mass is 9.35. The molecule has 4 rings (SSSR count). The molecular formula is C43H66O9. The molecule has 0 bridgehead atoms. The van der Waals surface area contributed by atoms with Gasteiger partial charge in [0, 0.05) is 29.1 Å². The number of aliphatic hydroxyl groups excluding tert-OH is 3. The number of carbonyl (C=O) groups is 3. The first-order chi connectivity index (χ1) is 24.3. The molecular weight excluding hydrogens is 660 g/mol. The molecule has 0 saturated heterocycles. The Morgan fingerprint density at radius 2 is 1.33 bits per heavy atom. The SMILES string of the molecule is C=CCC1[C@@]2(C)CC[C@H](O)[C@](C)(COC(=O)/C=C/C)C2CC[C@@]1(C)[C@@]1(C)CC2CC(C)(C)[C@@H](OC(=O)/C=C/C)[C@H](O)[C@]2(COC(=O)/C=C/C)[C@H](O)C1. The van der Waals surface area contributed by atoms with E-state index in [0.29, 0.717) is 25.7 Å². The molecule has 4 aliphatic carbocycles.